The minimum atomic E-state index is -1.44. The molecule has 13 heteroatoms. The van der Waals surface area contributed by atoms with Crippen LogP contribution in [0, 0.1) is 11.8 Å². The van der Waals surface area contributed by atoms with E-state index < -0.39 is 72.1 Å². The van der Waals surface area contributed by atoms with Crippen LogP contribution in [0.2, 0.25) is 0 Å². The molecule has 0 fully saturated rings. The van der Waals surface area contributed by atoms with Gasteiger partial charge in [0.2, 0.25) is 23.6 Å². The average Bonchev–Trinajstić information content (AvgIpc) is 2.72. The van der Waals surface area contributed by atoms with Gasteiger partial charge in [-0.05, 0) is 24.7 Å². The first kappa shape index (κ1) is 30.8. The molecule has 0 spiro atoms. The topological polar surface area (TPSA) is 231 Å². The second-order valence-corrected chi connectivity index (χ2v) is 8.67. The molecule has 0 aromatic carbocycles. The molecule has 5 atom stereocenters. The molecule has 194 valence electrons. The Morgan fingerprint density at radius 2 is 1.41 bits per heavy atom. The lowest BCUT2D eigenvalue weighted by Crippen LogP contribution is -2.59. The number of rotatable bonds is 16. The van der Waals surface area contributed by atoms with Crippen molar-refractivity contribution in [2.45, 2.75) is 84.0 Å². The maximum absolute atomic E-state index is 12.9. The second-order valence-electron chi connectivity index (χ2n) is 8.67. The van der Waals surface area contributed by atoms with Crippen LogP contribution in [0.25, 0.3) is 0 Å². The number of carboxylic acid groups (broad SMARTS) is 2. The smallest absolute Gasteiger partial charge is 0.326 e. The molecule has 0 aromatic rings. The summed E-state index contributed by atoms with van der Waals surface area (Å²) in [6.07, 6.45) is -0.530. The number of carbonyl (C=O) groups is 6. The maximum Gasteiger partial charge on any atom is 0.326 e. The summed E-state index contributed by atoms with van der Waals surface area (Å²) >= 11 is 0. The van der Waals surface area contributed by atoms with Crippen molar-refractivity contribution in [3.63, 3.8) is 0 Å². The van der Waals surface area contributed by atoms with Crippen LogP contribution in [0.3, 0.4) is 0 Å². The molecule has 0 aromatic heterocycles. The van der Waals surface area contributed by atoms with Crippen LogP contribution in [0.5, 0.6) is 0 Å². The number of hydrogen-bond donors (Lipinski definition) is 7. The molecule has 0 saturated carbocycles. The van der Waals surface area contributed by atoms with Gasteiger partial charge in [0.05, 0.1) is 12.5 Å². The molecule has 4 amide bonds. The van der Waals surface area contributed by atoms with Crippen molar-refractivity contribution in [1.82, 2.24) is 16.0 Å². The Labute approximate surface area is 198 Å². The summed E-state index contributed by atoms with van der Waals surface area (Å²) in [7, 11) is 0. The summed E-state index contributed by atoms with van der Waals surface area (Å²) in [5.74, 6) is -6.15. The van der Waals surface area contributed by atoms with Gasteiger partial charge in [-0.25, -0.2) is 4.79 Å². The van der Waals surface area contributed by atoms with Crippen molar-refractivity contribution in [1.29, 1.82) is 0 Å². The monoisotopic (exact) mass is 487 g/mol. The lowest BCUT2D eigenvalue weighted by atomic mass is 9.96. The van der Waals surface area contributed by atoms with E-state index in [1.54, 1.807) is 27.7 Å². The number of primary amides is 1. The summed E-state index contributed by atoms with van der Waals surface area (Å²) in [5, 5.41) is 25.4. The van der Waals surface area contributed by atoms with Crippen LogP contribution in [-0.4, -0.2) is 69.9 Å². The van der Waals surface area contributed by atoms with Crippen LogP contribution in [0.15, 0.2) is 0 Å². The minimum Gasteiger partial charge on any atom is -0.481 e. The highest BCUT2D eigenvalue weighted by atomic mass is 16.4. The number of aliphatic carboxylic acids is 2. The molecule has 0 aliphatic rings. The van der Waals surface area contributed by atoms with Crippen molar-refractivity contribution in [3.8, 4) is 0 Å². The van der Waals surface area contributed by atoms with Gasteiger partial charge in [-0.1, -0.05) is 34.1 Å². The second kappa shape index (κ2) is 14.8. The number of carboxylic acids is 2. The number of amides is 4. The van der Waals surface area contributed by atoms with E-state index in [1.807, 2.05) is 0 Å². The third-order valence-corrected chi connectivity index (χ3v) is 5.16. The summed E-state index contributed by atoms with van der Waals surface area (Å²) in [6.45, 7) is 7.06. The molecule has 13 nitrogen and oxygen atoms in total. The first-order chi connectivity index (χ1) is 15.7. The van der Waals surface area contributed by atoms with Crippen LogP contribution in [0.4, 0.5) is 0 Å². The van der Waals surface area contributed by atoms with Crippen molar-refractivity contribution >= 4 is 35.6 Å². The summed E-state index contributed by atoms with van der Waals surface area (Å²) < 4.78 is 0. The molecule has 0 rings (SSSR count). The molecular weight excluding hydrogens is 450 g/mol. The Balaban J connectivity index is 5.63. The highest BCUT2D eigenvalue weighted by Crippen LogP contribution is 2.12. The number of nitrogens with one attached hydrogen (secondary N) is 3. The molecule has 0 bridgehead atoms. The van der Waals surface area contributed by atoms with Crippen molar-refractivity contribution in [2.75, 3.05) is 0 Å². The van der Waals surface area contributed by atoms with Crippen molar-refractivity contribution in [3.05, 3.63) is 0 Å². The van der Waals surface area contributed by atoms with E-state index in [4.69, 9.17) is 16.6 Å². The predicted molar refractivity (Wildman–Crippen MR) is 121 cm³/mol. The van der Waals surface area contributed by atoms with Gasteiger partial charge in [0.15, 0.2) is 0 Å². The lowest BCUT2D eigenvalue weighted by molar-refractivity contribution is -0.143. The third-order valence-electron chi connectivity index (χ3n) is 5.16. The van der Waals surface area contributed by atoms with E-state index in [1.165, 1.54) is 0 Å². The van der Waals surface area contributed by atoms with E-state index in [2.05, 4.69) is 16.0 Å². The Bertz CT molecular complexity index is 757. The largest absolute Gasteiger partial charge is 0.481 e. The number of carbonyl (C=O) groups excluding carboxylic acids is 4. The molecule has 34 heavy (non-hydrogen) atoms. The zero-order valence-electron chi connectivity index (χ0n) is 20.0. The van der Waals surface area contributed by atoms with Gasteiger partial charge in [0, 0.05) is 6.42 Å². The van der Waals surface area contributed by atoms with E-state index in [9.17, 15) is 33.9 Å². The van der Waals surface area contributed by atoms with Gasteiger partial charge in [0.25, 0.3) is 0 Å². The van der Waals surface area contributed by atoms with Gasteiger partial charge < -0.3 is 37.6 Å². The van der Waals surface area contributed by atoms with E-state index in [0.717, 1.165) is 0 Å². The molecule has 0 aliphatic heterocycles. The Hall–Kier alpha value is -3.22. The van der Waals surface area contributed by atoms with Crippen molar-refractivity contribution < 1.29 is 39.0 Å². The lowest BCUT2D eigenvalue weighted by Gasteiger charge is -2.28. The Morgan fingerprint density at radius 1 is 0.853 bits per heavy atom. The van der Waals surface area contributed by atoms with E-state index in [0.29, 0.717) is 6.42 Å². The Morgan fingerprint density at radius 3 is 1.85 bits per heavy atom. The fourth-order valence-electron chi connectivity index (χ4n) is 3.03. The molecule has 5 unspecified atom stereocenters. The fourth-order valence-corrected chi connectivity index (χ4v) is 3.03. The number of hydrogen-bond acceptors (Lipinski definition) is 7. The molecule has 0 radical (unpaired) electrons. The molecular formula is C21H37N5O8. The molecule has 0 saturated heterocycles. The fraction of sp³-hybridized carbons (Fsp3) is 0.714. The highest BCUT2D eigenvalue weighted by Gasteiger charge is 2.33. The van der Waals surface area contributed by atoms with Crippen molar-refractivity contribution in [2.24, 2.45) is 23.3 Å². The summed E-state index contributed by atoms with van der Waals surface area (Å²) in [5.41, 5.74) is 10.7. The molecule has 0 aliphatic carbocycles. The first-order valence-electron chi connectivity index (χ1n) is 11.1. The zero-order valence-corrected chi connectivity index (χ0v) is 20.0. The summed E-state index contributed by atoms with van der Waals surface area (Å²) in [6, 6.07) is -5.06. The number of nitrogens with two attached hydrogens (primary N) is 2. The minimum absolute atomic E-state index is 0.0126. The molecule has 0 heterocycles. The average molecular weight is 488 g/mol. The summed E-state index contributed by atoms with van der Waals surface area (Å²) in [4.78, 5) is 71.6. The van der Waals surface area contributed by atoms with Gasteiger partial charge in [-0.2, -0.15) is 0 Å². The van der Waals surface area contributed by atoms with Crippen LogP contribution in [0.1, 0.15) is 59.8 Å². The zero-order chi connectivity index (χ0) is 26.6. The van der Waals surface area contributed by atoms with Gasteiger partial charge in [0.1, 0.15) is 18.1 Å². The first-order valence-corrected chi connectivity index (χ1v) is 11.1. The van der Waals surface area contributed by atoms with Gasteiger partial charge >= 0.3 is 11.9 Å². The highest BCUT2D eigenvalue weighted by molar-refractivity contribution is 5.95. The van der Waals surface area contributed by atoms with Crippen LogP contribution >= 0.6 is 0 Å². The third kappa shape index (κ3) is 11.6. The predicted octanol–water partition coefficient (Wildman–Crippen LogP) is -1.31. The van der Waals surface area contributed by atoms with Crippen LogP contribution in [-0.2, 0) is 28.8 Å². The molecule has 9 N–H and O–H groups in total. The van der Waals surface area contributed by atoms with Gasteiger partial charge in [-0.15, -0.1) is 0 Å². The standard InChI is InChI=1S/C21H37N5O8/c1-5-11(4)17(20(32)25-14(21(33)34)8-10(2)3)26-19(31)13(6-7-15(23)27)24-18(30)12(22)9-16(28)29/h10-14,17H,5-9,22H2,1-4H3,(H2,23,27)(H,24,30)(H,25,32)(H,26,31)(H,28,29)(H,33,34). The van der Waals surface area contributed by atoms with E-state index >= 15 is 0 Å². The van der Waals surface area contributed by atoms with E-state index in [-0.39, 0.29) is 25.2 Å². The van der Waals surface area contributed by atoms with Crippen LogP contribution < -0.4 is 27.4 Å². The Kier molecular flexibility index (Phi) is 13.4. The quantitative estimate of drug-likeness (QED) is 0.137. The maximum atomic E-state index is 12.9. The normalized spacial score (nSPS) is 15.4. The SMILES string of the molecule is CCC(C)C(NC(=O)C(CCC(N)=O)NC(=O)C(N)CC(=O)O)C(=O)NC(CC(C)C)C(=O)O. The van der Waals surface area contributed by atoms with Gasteiger partial charge in [-0.3, -0.25) is 24.0 Å².